The molecule has 0 saturated carbocycles. The third kappa shape index (κ3) is 19.8. The average molecular weight is 290 g/mol. The molecular formula is C17H38O3. The Bertz CT molecular complexity index is 166. The third-order valence-electron chi connectivity index (χ3n) is 2.86. The van der Waals surface area contributed by atoms with E-state index in [9.17, 15) is 4.79 Å². The Hall–Kier alpha value is -0.570. The van der Waals surface area contributed by atoms with Gasteiger partial charge in [0.1, 0.15) is 0 Å². The number of unbranched alkanes of at least 4 members (excludes halogenated alkanes) is 1. The molecular weight excluding hydrogens is 252 g/mol. The van der Waals surface area contributed by atoms with Crippen LogP contribution in [0.25, 0.3) is 0 Å². The maximum Gasteiger partial charge on any atom is 0.307 e. The van der Waals surface area contributed by atoms with Crippen LogP contribution in [0.5, 0.6) is 0 Å². The second-order valence-electron chi connectivity index (χ2n) is 4.12. The van der Waals surface area contributed by atoms with Crippen molar-refractivity contribution in [3.05, 3.63) is 0 Å². The Morgan fingerprint density at radius 2 is 1.55 bits per heavy atom. The smallest absolute Gasteiger partial charge is 0.307 e. The molecule has 0 aliphatic carbocycles. The van der Waals surface area contributed by atoms with E-state index in [2.05, 4.69) is 20.8 Å². The predicted molar refractivity (Wildman–Crippen MR) is 87.8 cm³/mol. The fraction of sp³-hybridized carbons (Fsp3) is 0.941. The lowest BCUT2D eigenvalue weighted by Gasteiger charge is -2.12. The molecule has 3 nitrogen and oxygen atoms in total. The van der Waals surface area contributed by atoms with E-state index in [0.29, 0.717) is 13.0 Å². The van der Waals surface area contributed by atoms with Gasteiger partial charge in [-0.25, -0.2) is 0 Å². The van der Waals surface area contributed by atoms with Gasteiger partial charge in [0.15, 0.2) is 6.79 Å². The van der Waals surface area contributed by atoms with E-state index in [1.807, 2.05) is 27.7 Å². The van der Waals surface area contributed by atoms with Crippen molar-refractivity contribution in [1.82, 2.24) is 0 Å². The van der Waals surface area contributed by atoms with Crippen LogP contribution in [0, 0.1) is 5.92 Å². The van der Waals surface area contributed by atoms with Crippen LogP contribution in [0.15, 0.2) is 0 Å². The first-order valence-corrected chi connectivity index (χ1v) is 8.47. The van der Waals surface area contributed by atoms with E-state index in [1.54, 1.807) is 0 Å². The number of hydrogen-bond acceptors (Lipinski definition) is 3. The fourth-order valence-corrected chi connectivity index (χ4v) is 1.51. The van der Waals surface area contributed by atoms with E-state index >= 15 is 0 Å². The molecule has 0 heterocycles. The van der Waals surface area contributed by atoms with Crippen LogP contribution in [-0.2, 0) is 14.3 Å². The molecule has 20 heavy (non-hydrogen) atoms. The molecule has 0 aromatic heterocycles. The number of carbonyl (C=O) groups excluding carboxylic acids is 1. The van der Waals surface area contributed by atoms with Gasteiger partial charge in [0, 0.05) is 6.42 Å². The third-order valence-corrected chi connectivity index (χ3v) is 2.86. The van der Waals surface area contributed by atoms with Crippen LogP contribution in [0.2, 0.25) is 0 Å². The van der Waals surface area contributed by atoms with Crippen LogP contribution >= 0.6 is 0 Å². The zero-order valence-electron chi connectivity index (χ0n) is 15.0. The van der Waals surface area contributed by atoms with Gasteiger partial charge in [-0.1, -0.05) is 67.7 Å². The molecule has 0 aromatic rings. The fourth-order valence-electron chi connectivity index (χ4n) is 1.51. The summed E-state index contributed by atoms with van der Waals surface area (Å²) in [5.41, 5.74) is 0. The summed E-state index contributed by atoms with van der Waals surface area (Å²) >= 11 is 0. The highest BCUT2D eigenvalue weighted by Crippen LogP contribution is 2.11. The second kappa shape index (κ2) is 23.5. The summed E-state index contributed by atoms with van der Waals surface area (Å²) in [4.78, 5) is 11.1. The molecule has 0 spiro atoms. The molecule has 0 bridgehead atoms. The van der Waals surface area contributed by atoms with Crippen molar-refractivity contribution < 1.29 is 14.3 Å². The van der Waals surface area contributed by atoms with Crippen molar-refractivity contribution in [2.75, 3.05) is 13.4 Å². The second-order valence-corrected chi connectivity index (χ2v) is 4.12. The van der Waals surface area contributed by atoms with Gasteiger partial charge in [0.2, 0.25) is 0 Å². The Kier molecular flexibility index (Phi) is 28.7. The summed E-state index contributed by atoms with van der Waals surface area (Å²) in [6.07, 6.45) is 5.86. The van der Waals surface area contributed by atoms with Gasteiger partial charge in [0.05, 0.1) is 6.61 Å². The van der Waals surface area contributed by atoms with Crippen molar-refractivity contribution in [3.8, 4) is 0 Å². The maximum atomic E-state index is 11.1. The standard InChI is InChI=1S/C13H26O3.2C2H6/c1-4-7-8-13(14)16-11-15-10-9-12(5-2)6-3;2*1-2/h12H,4-11H2,1-3H3;2*1-2H3. The van der Waals surface area contributed by atoms with E-state index in [-0.39, 0.29) is 12.8 Å². The lowest BCUT2D eigenvalue weighted by molar-refractivity contribution is -0.156. The minimum Gasteiger partial charge on any atom is -0.438 e. The van der Waals surface area contributed by atoms with Crippen molar-refractivity contribution in [3.63, 3.8) is 0 Å². The monoisotopic (exact) mass is 290 g/mol. The first kappa shape index (κ1) is 24.4. The predicted octanol–water partition coefficient (Wildman–Crippen LogP) is 5.57. The zero-order chi connectivity index (χ0) is 16.2. The highest BCUT2D eigenvalue weighted by atomic mass is 16.7. The van der Waals surface area contributed by atoms with Gasteiger partial charge in [-0.15, -0.1) is 0 Å². The first-order chi connectivity index (χ1) is 9.74. The average Bonchev–Trinajstić information content (AvgIpc) is 2.52. The lowest BCUT2D eigenvalue weighted by atomic mass is 10.0. The minimum absolute atomic E-state index is 0.114. The number of hydrogen-bond donors (Lipinski definition) is 0. The first-order valence-electron chi connectivity index (χ1n) is 8.47. The SMILES string of the molecule is CC.CC.CCCCC(=O)OCOCCC(CC)CC. The van der Waals surface area contributed by atoms with Crippen LogP contribution < -0.4 is 0 Å². The summed E-state index contributed by atoms with van der Waals surface area (Å²) in [6.45, 7) is 15.2. The van der Waals surface area contributed by atoms with Gasteiger partial charge >= 0.3 is 5.97 Å². The molecule has 0 rings (SSSR count). The highest BCUT2D eigenvalue weighted by molar-refractivity contribution is 5.69. The maximum absolute atomic E-state index is 11.1. The largest absolute Gasteiger partial charge is 0.438 e. The molecule has 0 aliphatic heterocycles. The van der Waals surface area contributed by atoms with Gasteiger partial charge in [0.25, 0.3) is 0 Å². The number of ether oxygens (including phenoxy) is 2. The summed E-state index contributed by atoms with van der Waals surface area (Å²) in [5, 5.41) is 0. The molecule has 0 aliphatic rings. The van der Waals surface area contributed by atoms with E-state index < -0.39 is 0 Å². The van der Waals surface area contributed by atoms with Crippen LogP contribution in [0.4, 0.5) is 0 Å². The molecule has 124 valence electrons. The topological polar surface area (TPSA) is 35.5 Å². The van der Waals surface area contributed by atoms with Crippen molar-refractivity contribution in [2.24, 2.45) is 5.92 Å². The van der Waals surface area contributed by atoms with Crippen molar-refractivity contribution >= 4 is 5.97 Å². The van der Waals surface area contributed by atoms with Gasteiger partial charge in [-0.05, 0) is 18.8 Å². The van der Waals surface area contributed by atoms with Gasteiger partial charge in [-0.3, -0.25) is 4.79 Å². The summed E-state index contributed by atoms with van der Waals surface area (Å²) in [7, 11) is 0. The summed E-state index contributed by atoms with van der Waals surface area (Å²) in [6, 6.07) is 0. The quantitative estimate of drug-likeness (QED) is 0.299. The van der Waals surface area contributed by atoms with Crippen LogP contribution in [-0.4, -0.2) is 19.4 Å². The molecule has 0 aromatic carbocycles. The Labute approximate surface area is 127 Å². The van der Waals surface area contributed by atoms with E-state index in [4.69, 9.17) is 9.47 Å². The number of carbonyl (C=O) groups is 1. The molecule has 0 amide bonds. The van der Waals surface area contributed by atoms with Crippen molar-refractivity contribution in [1.29, 1.82) is 0 Å². The summed E-state index contributed by atoms with van der Waals surface area (Å²) in [5.74, 6) is 0.583. The molecule has 0 radical (unpaired) electrons. The van der Waals surface area contributed by atoms with Crippen molar-refractivity contribution in [2.45, 2.75) is 87.0 Å². The Morgan fingerprint density at radius 1 is 1.00 bits per heavy atom. The van der Waals surface area contributed by atoms with Crippen LogP contribution in [0.3, 0.4) is 0 Å². The van der Waals surface area contributed by atoms with Crippen LogP contribution in [0.1, 0.15) is 87.0 Å². The molecule has 0 N–H and O–H groups in total. The lowest BCUT2D eigenvalue weighted by Crippen LogP contribution is -2.10. The molecule has 0 saturated heterocycles. The summed E-state index contributed by atoms with van der Waals surface area (Å²) < 4.78 is 10.2. The van der Waals surface area contributed by atoms with E-state index in [0.717, 1.165) is 25.2 Å². The van der Waals surface area contributed by atoms with E-state index in [1.165, 1.54) is 12.8 Å². The number of esters is 1. The Morgan fingerprint density at radius 3 is 2.00 bits per heavy atom. The molecule has 0 fully saturated rings. The zero-order valence-corrected chi connectivity index (χ0v) is 15.0. The molecule has 0 atom stereocenters. The molecule has 0 unspecified atom stereocenters. The normalized spacial score (nSPS) is 9.20. The number of rotatable bonds is 10. The van der Waals surface area contributed by atoms with Gasteiger partial charge in [-0.2, -0.15) is 0 Å². The van der Waals surface area contributed by atoms with Gasteiger partial charge < -0.3 is 9.47 Å². The minimum atomic E-state index is -0.149. The Balaban J connectivity index is -0.000000656. The molecule has 3 heteroatoms. The highest BCUT2D eigenvalue weighted by Gasteiger charge is 2.04.